The van der Waals surface area contributed by atoms with Gasteiger partial charge in [-0.3, -0.25) is 10.1 Å². The lowest BCUT2D eigenvalue weighted by molar-refractivity contribution is -0.382. The third kappa shape index (κ3) is 3.56. The second-order valence-electron chi connectivity index (χ2n) is 6.15. The highest BCUT2D eigenvalue weighted by Gasteiger charge is 2.31. The Balaban J connectivity index is 2.12. The number of benzene rings is 1. The second-order valence-corrected chi connectivity index (χ2v) is 6.15. The van der Waals surface area contributed by atoms with Crippen molar-refractivity contribution in [3.8, 4) is 0 Å². The molecule has 0 atom stereocenters. The average molecular weight is 365 g/mol. The molecule has 1 aromatic heterocycles. The van der Waals surface area contributed by atoms with Gasteiger partial charge in [0.1, 0.15) is 5.69 Å². The molecule has 2 aromatic rings. The number of hydrogen-bond acceptors (Lipinski definition) is 9. The number of hydrogen-bond donors (Lipinski definition) is 0. The molecular formula is C16H23N5O5. The van der Waals surface area contributed by atoms with Crippen LogP contribution in [0.5, 0.6) is 0 Å². The van der Waals surface area contributed by atoms with Crippen LogP contribution in [0, 0.1) is 10.1 Å². The molecule has 2 heterocycles. The zero-order valence-electron chi connectivity index (χ0n) is 15.0. The van der Waals surface area contributed by atoms with E-state index in [1.807, 2.05) is 15.9 Å². The maximum Gasteiger partial charge on any atom is 0.323 e. The molecule has 3 rings (SSSR count). The van der Waals surface area contributed by atoms with E-state index in [9.17, 15) is 10.1 Å². The van der Waals surface area contributed by atoms with E-state index < -0.39 is 4.92 Å². The van der Waals surface area contributed by atoms with Gasteiger partial charge >= 0.3 is 5.69 Å². The van der Waals surface area contributed by atoms with Crippen molar-refractivity contribution in [1.29, 1.82) is 0 Å². The van der Waals surface area contributed by atoms with E-state index in [4.69, 9.17) is 14.1 Å². The van der Waals surface area contributed by atoms with Crippen LogP contribution >= 0.6 is 0 Å². The molecule has 1 saturated heterocycles. The Morgan fingerprint density at radius 3 is 2.38 bits per heavy atom. The first-order valence-electron chi connectivity index (χ1n) is 8.58. The number of ether oxygens (including phenoxy) is 2. The van der Waals surface area contributed by atoms with Crippen molar-refractivity contribution in [2.45, 2.75) is 12.8 Å². The fraction of sp³-hybridized carbons (Fsp3) is 0.625. The van der Waals surface area contributed by atoms with Crippen LogP contribution in [0.1, 0.15) is 12.8 Å². The summed E-state index contributed by atoms with van der Waals surface area (Å²) in [4.78, 5) is 15.4. The Kier molecular flexibility index (Phi) is 5.84. The van der Waals surface area contributed by atoms with Crippen LogP contribution in [0.25, 0.3) is 11.0 Å². The van der Waals surface area contributed by atoms with E-state index in [1.165, 1.54) is 0 Å². The molecule has 0 spiro atoms. The third-order valence-corrected chi connectivity index (χ3v) is 4.57. The van der Waals surface area contributed by atoms with Gasteiger partial charge in [-0.1, -0.05) is 0 Å². The van der Waals surface area contributed by atoms with Crippen molar-refractivity contribution in [3.63, 3.8) is 0 Å². The molecule has 0 saturated carbocycles. The van der Waals surface area contributed by atoms with Crippen molar-refractivity contribution in [3.05, 3.63) is 16.2 Å². The van der Waals surface area contributed by atoms with Crippen molar-refractivity contribution < 1.29 is 19.0 Å². The number of methoxy groups -OCH3 is 2. The molecule has 1 aliphatic rings. The predicted octanol–water partition coefficient (Wildman–Crippen LogP) is 1.83. The number of anilines is 2. The zero-order chi connectivity index (χ0) is 18.5. The minimum Gasteiger partial charge on any atom is -0.383 e. The molecule has 1 aromatic carbocycles. The molecule has 0 radical (unpaired) electrons. The Hall–Kier alpha value is -2.46. The zero-order valence-corrected chi connectivity index (χ0v) is 15.0. The summed E-state index contributed by atoms with van der Waals surface area (Å²) in [6.07, 6.45) is 2.03. The Bertz CT molecular complexity index is 751. The molecule has 0 N–H and O–H groups in total. The van der Waals surface area contributed by atoms with Gasteiger partial charge in [0.25, 0.3) is 0 Å². The normalized spacial score (nSPS) is 14.3. The summed E-state index contributed by atoms with van der Waals surface area (Å²) in [5, 5.41) is 19.5. The van der Waals surface area contributed by atoms with Gasteiger partial charge in [-0.2, -0.15) is 0 Å². The molecule has 10 nitrogen and oxygen atoms in total. The van der Waals surface area contributed by atoms with Crippen LogP contribution in [0.2, 0.25) is 0 Å². The number of aromatic nitrogens is 2. The molecule has 0 bridgehead atoms. The van der Waals surface area contributed by atoms with Gasteiger partial charge in [-0.15, -0.1) is 0 Å². The summed E-state index contributed by atoms with van der Waals surface area (Å²) < 4.78 is 15.3. The third-order valence-electron chi connectivity index (χ3n) is 4.57. The van der Waals surface area contributed by atoms with E-state index in [0.717, 1.165) is 31.6 Å². The molecule has 1 fully saturated rings. The summed E-state index contributed by atoms with van der Waals surface area (Å²) >= 11 is 0. The molecular weight excluding hydrogens is 342 g/mol. The highest BCUT2D eigenvalue weighted by atomic mass is 16.6. The van der Waals surface area contributed by atoms with Crippen LogP contribution in [0.3, 0.4) is 0 Å². The van der Waals surface area contributed by atoms with Gasteiger partial charge in [0, 0.05) is 40.4 Å². The molecule has 0 aliphatic carbocycles. The molecule has 10 heteroatoms. The van der Waals surface area contributed by atoms with E-state index in [0.29, 0.717) is 37.5 Å². The number of nitro benzene ring substituents is 1. The Morgan fingerprint density at radius 1 is 1.19 bits per heavy atom. The maximum atomic E-state index is 11.7. The fourth-order valence-electron chi connectivity index (χ4n) is 3.28. The highest BCUT2D eigenvalue weighted by molar-refractivity contribution is 6.00. The van der Waals surface area contributed by atoms with Crippen LogP contribution in [-0.2, 0) is 9.47 Å². The van der Waals surface area contributed by atoms with Gasteiger partial charge in [0.15, 0.2) is 5.52 Å². The average Bonchev–Trinajstić information content (AvgIpc) is 3.32. The first-order valence-corrected chi connectivity index (χ1v) is 8.58. The molecule has 0 amide bonds. The Morgan fingerprint density at radius 2 is 1.81 bits per heavy atom. The van der Waals surface area contributed by atoms with Gasteiger partial charge in [-0.05, 0) is 29.2 Å². The van der Waals surface area contributed by atoms with Crippen molar-refractivity contribution in [2.24, 2.45) is 0 Å². The first kappa shape index (κ1) is 18.3. The van der Waals surface area contributed by atoms with E-state index >= 15 is 0 Å². The summed E-state index contributed by atoms with van der Waals surface area (Å²) in [7, 11) is 3.26. The minimum absolute atomic E-state index is 0.0506. The largest absolute Gasteiger partial charge is 0.383 e. The summed E-state index contributed by atoms with van der Waals surface area (Å²) in [6.45, 7) is 3.78. The summed E-state index contributed by atoms with van der Waals surface area (Å²) in [6, 6.07) is 1.82. The SMILES string of the molecule is COCCN(CCOC)c1cc(N2CCCC2)c([N+](=O)[O-])c2nonc12. The van der Waals surface area contributed by atoms with Crippen LogP contribution < -0.4 is 9.80 Å². The number of nitrogens with zero attached hydrogens (tertiary/aromatic N) is 5. The van der Waals surface area contributed by atoms with Gasteiger partial charge in [0.05, 0.1) is 23.8 Å². The smallest absolute Gasteiger partial charge is 0.323 e. The molecule has 142 valence electrons. The van der Waals surface area contributed by atoms with Gasteiger partial charge < -0.3 is 19.3 Å². The van der Waals surface area contributed by atoms with E-state index in [-0.39, 0.29) is 11.2 Å². The lowest BCUT2D eigenvalue weighted by Crippen LogP contribution is -2.31. The monoisotopic (exact) mass is 365 g/mol. The number of nitro groups is 1. The fourth-order valence-corrected chi connectivity index (χ4v) is 3.28. The number of fused-ring (bicyclic) bond motifs is 1. The lowest BCUT2D eigenvalue weighted by atomic mass is 10.1. The van der Waals surface area contributed by atoms with Gasteiger partial charge in [0.2, 0.25) is 5.52 Å². The lowest BCUT2D eigenvalue weighted by Gasteiger charge is -2.26. The molecule has 26 heavy (non-hydrogen) atoms. The molecule has 0 unspecified atom stereocenters. The summed E-state index contributed by atoms with van der Waals surface area (Å²) in [5.41, 5.74) is 1.81. The number of rotatable bonds is 9. The van der Waals surface area contributed by atoms with E-state index in [1.54, 1.807) is 14.2 Å². The van der Waals surface area contributed by atoms with Crippen LogP contribution in [-0.4, -0.2) is 68.8 Å². The van der Waals surface area contributed by atoms with E-state index in [2.05, 4.69) is 10.3 Å². The predicted molar refractivity (Wildman–Crippen MR) is 95.9 cm³/mol. The first-order chi connectivity index (χ1) is 12.7. The summed E-state index contributed by atoms with van der Waals surface area (Å²) in [5.74, 6) is 0. The Labute approximate surface area is 150 Å². The molecule has 1 aliphatic heterocycles. The van der Waals surface area contributed by atoms with Gasteiger partial charge in [-0.25, -0.2) is 4.63 Å². The van der Waals surface area contributed by atoms with Crippen molar-refractivity contribution in [1.82, 2.24) is 10.3 Å². The van der Waals surface area contributed by atoms with Crippen LogP contribution in [0.15, 0.2) is 10.7 Å². The highest BCUT2D eigenvalue weighted by Crippen LogP contribution is 2.41. The standard InChI is InChI=1S/C16H23N5O5/c1-24-9-7-20(8-10-25-2)12-11-13(19-5-3-4-6-19)16(21(22)23)15-14(12)17-26-18-15/h11H,3-10H2,1-2H3. The van der Waals surface area contributed by atoms with Crippen LogP contribution in [0.4, 0.5) is 17.1 Å². The minimum atomic E-state index is -0.404. The topological polar surface area (TPSA) is 107 Å². The van der Waals surface area contributed by atoms with Crippen molar-refractivity contribution >= 4 is 28.1 Å². The quantitative estimate of drug-likeness (QED) is 0.486. The maximum absolute atomic E-state index is 11.7. The second kappa shape index (κ2) is 8.28. The van der Waals surface area contributed by atoms with Crippen molar-refractivity contribution in [2.75, 3.05) is 63.4 Å².